The van der Waals surface area contributed by atoms with Gasteiger partial charge >= 0.3 is 0 Å². The van der Waals surface area contributed by atoms with Crippen molar-refractivity contribution in [3.8, 4) is 11.4 Å². The summed E-state index contributed by atoms with van der Waals surface area (Å²) in [5, 5.41) is 11.9. The molecule has 2 atom stereocenters. The summed E-state index contributed by atoms with van der Waals surface area (Å²) in [6, 6.07) is 9.88. The molecule has 2 aliphatic rings. The number of nitrogens with one attached hydrogen (secondary N) is 1. The van der Waals surface area contributed by atoms with Crippen LogP contribution in [0.1, 0.15) is 12.2 Å². The molecule has 4 rings (SSSR count). The third-order valence-corrected chi connectivity index (χ3v) is 4.82. The Balaban J connectivity index is 1.49. The molecule has 1 aromatic heterocycles. The molecule has 0 bridgehead atoms. The summed E-state index contributed by atoms with van der Waals surface area (Å²) in [5.74, 6) is 1.84. The van der Waals surface area contributed by atoms with Crippen molar-refractivity contribution in [3.05, 3.63) is 36.2 Å². The Bertz CT molecular complexity index is 730. The molecule has 0 radical (unpaired) electrons. The Hall–Kier alpha value is -2.25. The van der Waals surface area contributed by atoms with Crippen LogP contribution in [0.3, 0.4) is 0 Å². The number of nitrogens with zero attached hydrogens (tertiary/aromatic N) is 4. The van der Waals surface area contributed by atoms with Gasteiger partial charge in [0.1, 0.15) is 0 Å². The van der Waals surface area contributed by atoms with E-state index in [2.05, 4.69) is 20.1 Å². The highest BCUT2D eigenvalue weighted by atomic mass is 16.5. The molecule has 24 heavy (non-hydrogen) atoms. The monoisotopic (exact) mass is 327 g/mol. The molecule has 126 valence electrons. The summed E-state index contributed by atoms with van der Waals surface area (Å²) < 4.78 is 7.44. The van der Waals surface area contributed by atoms with Gasteiger partial charge in [-0.1, -0.05) is 30.3 Å². The fourth-order valence-corrected chi connectivity index (χ4v) is 3.44. The first kappa shape index (κ1) is 15.3. The van der Waals surface area contributed by atoms with Gasteiger partial charge in [0.2, 0.25) is 5.91 Å². The van der Waals surface area contributed by atoms with Crippen LogP contribution in [-0.4, -0.2) is 57.9 Å². The maximum atomic E-state index is 12.7. The zero-order valence-electron chi connectivity index (χ0n) is 13.7. The van der Waals surface area contributed by atoms with E-state index < -0.39 is 0 Å². The highest BCUT2D eigenvalue weighted by Crippen LogP contribution is 2.22. The van der Waals surface area contributed by atoms with Crippen molar-refractivity contribution in [1.82, 2.24) is 25.0 Å². The molecular weight excluding hydrogens is 306 g/mol. The first-order chi connectivity index (χ1) is 11.8. The standard InChI is InChI=1S/C17H21N5O2/c1-24-13-9-14(18-10-13)17(23)21-7-8-22-15(11-21)19-20-16(22)12-5-3-2-4-6-12/h2-6,13-14,18H,7-11H2,1H3/t13-,14-/m0/s1. The summed E-state index contributed by atoms with van der Waals surface area (Å²) in [6.45, 7) is 2.64. The van der Waals surface area contributed by atoms with Gasteiger partial charge in [-0.15, -0.1) is 10.2 Å². The van der Waals surface area contributed by atoms with Crippen LogP contribution in [0.4, 0.5) is 0 Å². The molecule has 1 aromatic carbocycles. The minimum Gasteiger partial charge on any atom is -0.380 e. The van der Waals surface area contributed by atoms with Crippen LogP contribution in [0.2, 0.25) is 0 Å². The third kappa shape index (κ3) is 2.70. The van der Waals surface area contributed by atoms with Crippen molar-refractivity contribution in [2.75, 3.05) is 20.2 Å². The van der Waals surface area contributed by atoms with Crippen LogP contribution >= 0.6 is 0 Å². The molecule has 1 N–H and O–H groups in total. The predicted octanol–water partition coefficient (Wildman–Crippen LogP) is 0.664. The Labute approximate surface area is 140 Å². The number of fused-ring (bicyclic) bond motifs is 1. The number of hydrogen-bond acceptors (Lipinski definition) is 5. The van der Waals surface area contributed by atoms with Crippen LogP contribution in [0, 0.1) is 0 Å². The second-order valence-corrected chi connectivity index (χ2v) is 6.27. The van der Waals surface area contributed by atoms with E-state index in [0.29, 0.717) is 13.1 Å². The van der Waals surface area contributed by atoms with Gasteiger partial charge in [-0.05, 0) is 6.42 Å². The summed E-state index contributed by atoms with van der Waals surface area (Å²) in [5.41, 5.74) is 1.05. The van der Waals surface area contributed by atoms with Crippen LogP contribution in [0.25, 0.3) is 11.4 Å². The van der Waals surface area contributed by atoms with Crippen molar-refractivity contribution in [3.63, 3.8) is 0 Å². The highest BCUT2D eigenvalue weighted by molar-refractivity contribution is 5.82. The zero-order valence-corrected chi connectivity index (χ0v) is 13.7. The topological polar surface area (TPSA) is 72.3 Å². The molecule has 0 saturated carbocycles. The Morgan fingerprint density at radius 1 is 1.25 bits per heavy atom. The van der Waals surface area contributed by atoms with Crippen molar-refractivity contribution in [1.29, 1.82) is 0 Å². The number of ether oxygens (including phenoxy) is 1. The van der Waals surface area contributed by atoms with E-state index in [1.807, 2.05) is 35.2 Å². The van der Waals surface area contributed by atoms with Crippen LogP contribution in [0.5, 0.6) is 0 Å². The lowest BCUT2D eigenvalue weighted by atomic mass is 10.1. The minimum atomic E-state index is -0.155. The number of hydrogen-bond donors (Lipinski definition) is 1. The Morgan fingerprint density at radius 2 is 2.08 bits per heavy atom. The van der Waals surface area contributed by atoms with E-state index in [0.717, 1.165) is 36.7 Å². The molecule has 2 aromatic rings. The average molecular weight is 327 g/mol. The first-order valence-electron chi connectivity index (χ1n) is 8.28. The fourth-order valence-electron chi connectivity index (χ4n) is 3.44. The van der Waals surface area contributed by atoms with Gasteiger partial charge in [0.05, 0.1) is 18.7 Å². The summed E-state index contributed by atoms with van der Waals surface area (Å²) in [4.78, 5) is 14.6. The summed E-state index contributed by atoms with van der Waals surface area (Å²) in [7, 11) is 1.69. The van der Waals surface area contributed by atoms with E-state index >= 15 is 0 Å². The molecule has 1 saturated heterocycles. The maximum Gasteiger partial charge on any atom is 0.240 e. The Morgan fingerprint density at radius 3 is 2.83 bits per heavy atom. The lowest BCUT2D eigenvalue weighted by molar-refractivity contribution is -0.134. The lowest BCUT2D eigenvalue weighted by Gasteiger charge is -2.30. The second-order valence-electron chi connectivity index (χ2n) is 6.27. The lowest BCUT2D eigenvalue weighted by Crippen LogP contribution is -2.46. The number of rotatable bonds is 3. The fraction of sp³-hybridized carbons (Fsp3) is 0.471. The molecule has 0 aliphatic carbocycles. The van der Waals surface area contributed by atoms with Gasteiger partial charge in [-0.2, -0.15) is 0 Å². The van der Waals surface area contributed by atoms with Gasteiger partial charge < -0.3 is 19.5 Å². The molecule has 1 amide bonds. The number of aromatic nitrogens is 3. The van der Waals surface area contributed by atoms with Crippen molar-refractivity contribution < 1.29 is 9.53 Å². The van der Waals surface area contributed by atoms with Crippen LogP contribution in [0.15, 0.2) is 30.3 Å². The van der Waals surface area contributed by atoms with Gasteiger partial charge in [0.15, 0.2) is 11.6 Å². The molecular formula is C17H21N5O2. The van der Waals surface area contributed by atoms with Gasteiger partial charge in [-0.3, -0.25) is 4.79 Å². The smallest absolute Gasteiger partial charge is 0.240 e. The van der Waals surface area contributed by atoms with Gasteiger partial charge in [0, 0.05) is 32.3 Å². The van der Waals surface area contributed by atoms with E-state index in [4.69, 9.17) is 4.74 Å². The summed E-state index contributed by atoms with van der Waals surface area (Å²) in [6.07, 6.45) is 0.852. The zero-order chi connectivity index (χ0) is 16.5. The predicted molar refractivity (Wildman–Crippen MR) is 88.1 cm³/mol. The maximum absolute atomic E-state index is 12.7. The molecule has 2 aliphatic heterocycles. The molecule has 1 fully saturated rings. The summed E-state index contributed by atoms with van der Waals surface area (Å²) >= 11 is 0. The van der Waals surface area contributed by atoms with E-state index in [9.17, 15) is 4.79 Å². The molecule has 3 heterocycles. The number of amides is 1. The van der Waals surface area contributed by atoms with Crippen molar-refractivity contribution in [2.45, 2.75) is 31.7 Å². The quantitative estimate of drug-likeness (QED) is 0.897. The first-order valence-corrected chi connectivity index (χ1v) is 8.28. The number of carbonyl (C=O) groups excluding carboxylic acids is 1. The van der Waals surface area contributed by atoms with Gasteiger partial charge in [0.25, 0.3) is 0 Å². The molecule has 7 nitrogen and oxygen atoms in total. The molecule has 0 unspecified atom stereocenters. The number of methoxy groups -OCH3 is 1. The minimum absolute atomic E-state index is 0.122. The number of carbonyl (C=O) groups is 1. The average Bonchev–Trinajstić information content (AvgIpc) is 3.28. The van der Waals surface area contributed by atoms with Crippen molar-refractivity contribution in [2.24, 2.45) is 0 Å². The Kier molecular flexibility index (Phi) is 4.03. The normalized spacial score (nSPS) is 23.3. The van der Waals surface area contributed by atoms with Crippen LogP contribution in [-0.2, 0) is 22.6 Å². The van der Waals surface area contributed by atoms with Crippen molar-refractivity contribution >= 4 is 5.91 Å². The molecule has 7 heteroatoms. The van der Waals surface area contributed by atoms with Gasteiger partial charge in [-0.25, -0.2) is 0 Å². The largest absolute Gasteiger partial charge is 0.380 e. The SMILES string of the molecule is CO[C@@H]1CN[C@H](C(=O)N2CCn3c(nnc3-c3ccccc3)C2)C1. The van der Waals surface area contributed by atoms with E-state index in [1.54, 1.807) is 7.11 Å². The second kappa shape index (κ2) is 6.33. The van der Waals surface area contributed by atoms with E-state index in [-0.39, 0.29) is 18.1 Å². The highest BCUT2D eigenvalue weighted by Gasteiger charge is 2.34. The molecule has 0 spiro atoms. The van der Waals surface area contributed by atoms with E-state index in [1.165, 1.54) is 0 Å². The third-order valence-electron chi connectivity index (χ3n) is 4.82. The number of benzene rings is 1. The van der Waals surface area contributed by atoms with Crippen LogP contribution < -0.4 is 5.32 Å².